The van der Waals surface area contributed by atoms with Crippen LogP contribution >= 0.6 is 0 Å². The SMILES string of the molecule is O=C(Oc1ccc(F)cc1C(=O)/C=C/c1ccc(F)cc1)c1ccc(F)cc1. The van der Waals surface area contributed by atoms with Gasteiger partial charge in [-0.25, -0.2) is 18.0 Å². The minimum Gasteiger partial charge on any atom is -0.422 e. The fraction of sp³-hybridized carbons (Fsp3) is 0. The quantitative estimate of drug-likeness (QED) is 0.263. The van der Waals surface area contributed by atoms with Crippen LogP contribution in [0.25, 0.3) is 6.08 Å². The largest absolute Gasteiger partial charge is 0.422 e. The van der Waals surface area contributed by atoms with Gasteiger partial charge < -0.3 is 4.74 Å². The lowest BCUT2D eigenvalue weighted by Gasteiger charge is -2.08. The van der Waals surface area contributed by atoms with Crippen LogP contribution in [0.3, 0.4) is 0 Å². The average Bonchev–Trinajstić information content (AvgIpc) is 2.69. The third kappa shape index (κ3) is 4.73. The van der Waals surface area contributed by atoms with E-state index in [1.54, 1.807) is 0 Å². The number of hydrogen-bond donors (Lipinski definition) is 0. The van der Waals surface area contributed by atoms with Crippen molar-refractivity contribution in [1.82, 2.24) is 0 Å². The summed E-state index contributed by atoms with van der Waals surface area (Å²) >= 11 is 0. The van der Waals surface area contributed by atoms with E-state index in [1.165, 1.54) is 42.5 Å². The number of ether oxygens (including phenoxy) is 1. The number of benzene rings is 3. The second-order valence-corrected chi connectivity index (χ2v) is 5.79. The predicted octanol–water partition coefficient (Wildman–Crippen LogP) is 5.22. The van der Waals surface area contributed by atoms with Gasteiger partial charge >= 0.3 is 5.97 Å². The normalized spacial score (nSPS) is 10.8. The number of halogens is 3. The molecule has 0 aliphatic rings. The fourth-order valence-corrected chi connectivity index (χ4v) is 2.36. The summed E-state index contributed by atoms with van der Waals surface area (Å²) in [5.74, 6) is -3.16. The number of carbonyl (C=O) groups is 2. The van der Waals surface area contributed by atoms with Crippen molar-refractivity contribution < 1.29 is 27.5 Å². The van der Waals surface area contributed by atoms with Gasteiger partial charge in [0.1, 0.15) is 23.2 Å². The number of hydrogen-bond acceptors (Lipinski definition) is 3. The van der Waals surface area contributed by atoms with Crippen molar-refractivity contribution in [2.24, 2.45) is 0 Å². The van der Waals surface area contributed by atoms with Crippen LogP contribution in [0.1, 0.15) is 26.3 Å². The topological polar surface area (TPSA) is 43.4 Å². The Morgan fingerprint density at radius 2 is 1.32 bits per heavy atom. The second kappa shape index (κ2) is 8.35. The average molecular weight is 382 g/mol. The van der Waals surface area contributed by atoms with Crippen molar-refractivity contribution in [2.75, 3.05) is 0 Å². The number of carbonyl (C=O) groups excluding carboxylic acids is 2. The van der Waals surface area contributed by atoms with Crippen molar-refractivity contribution in [3.8, 4) is 5.75 Å². The molecule has 0 aliphatic heterocycles. The van der Waals surface area contributed by atoms with E-state index in [2.05, 4.69) is 0 Å². The molecule has 0 N–H and O–H groups in total. The summed E-state index contributed by atoms with van der Waals surface area (Å²) in [5, 5.41) is 0. The fourth-order valence-electron chi connectivity index (χ4n) is 2.36. The molecule has 0 aliphatic carbocycles. The second-order valence-electron chi connectivity index (χ2n) is 5.79. The number of rotatable bonds is 5. The third-order valence-corrected chi connectivity index (χ3v) is 3.79. The van der Waals surface area contributed by atoms with E-state index in [0.29, 0.717) is 5.56 Å². The zero-order valence-electron chi connectivity index (χ0n) is 14.4. The molecule has 0 heterocycles. The lowest BCUT2D eigenvalue weighted by Crippen LogP contribution is -2.11. The van der Waals surface area contributed by atoms with Crippen molar-refractivity contribution >= 4 is 17.8 Å². The standard InChI is InChI=1S/C22H13F3O3/c23-16-6-1-14(2-7-16)3-11-20(26)19-13-18(25)10-12-21(19)28-22(27)15-4-8-17(24)9-5-15/h1-13H/b11-3+. The number of allylic oxidation sites excluding steroid dienone is 1. The Morgan fingerprint density at radius 3 is 1.96 bits per heavy atom. The Bertz CT molecular complexity index is 1040. The summed E-state index contributed by atoms with van der Waals surface area (Å²) < 4.78 is 44.7. The van der Waals surface area contributed by atoms with E-state index >= 15 is 0 Å². The van der Waals surface area contributed by atoms with Crippen molar-refractivity contribution in [3.05, 3.63) is 107 Å². The van der Waals surface area contributed by atoms with Gasteiger partial charge in [0, 0.05) is 0 Å². The van der Waals surface area contributed by atoms with Crippen molar-refractivity contribution in [2.45, 2.75) is 0 Å². The van der Waals surface area contributed by atoms with E-state index in [1.807, 2.05) is 0 Å². The summed E-state index contributed by atoms with van der Waals surface area (Å²) in [6, 6.07) is 13.2. The van der Waals surface area contributed by atoms with Crippen LogP contribution < -0.4 is 4.74 Å². The lowest BCUT2D eigenvalue weighted by atomic mass is 10.1. The summed E-state index contributed by atoms with van der Waals surface area (Å²) in [6.07, 6.45) is 2.59. The molecule has 0 amide bonds. The van der Waals surface area contributed by atoms with Gasteiger partial charge in [-0.15, -0.1) is 0 Å². The van der Waals surface area contributed by atoms with Crippen LogP contribution in [0, 0.1) is 17.5 Å². The van der Waals surface area contributed by atoms with Gasteiger partial charge in [0.15, 0.2) is 5.78 Å². The van der Waals surface area contributed by atoms with Gasteiger partial charge in [-0.1, -0.05) is 18.2 Å². The van der Waals surface area contributed by atoms with Crippen LogP contribution in [-0.4, -0.2) is 11.8 Å². The summed E-state index contributed by atoms with van der Waals surface area (Å²) in [4.78, 5) is 24.6. The van der Waals surface area contributed by atoms with Crippen LogP contribution in [0.4, 0.5) is 13.2 Å². The molecule has 3 aromatic carbocycles. The minimum atomic E-state index is -0.817. The van der Waals surface area contributed by atoms with E-state index in [0.717, 1.165) is 36.4 Å². The van der Waals surface area contributed by atoms with E-state index in [9.17, 15) is 22.8 Å². The molecular weight excluding hydrogens is 369 g/mol. The maximum Gasteiger partial charge on any atom is 0.343 e. The highest BCUT2D eigenvalue weighted by atomic mass is 19.1. The molecule has 0 radical (unpaired) electrons. The molecule has 0 saturated heterocycles. The smallest absolute Gasteiger partial charge is 0.343 e. The molecular formula is C22H13F3O3. The molecule has 0 spiro atoms. The Hall–Kier alpha value is -3.67. The highest BCUT2D eigenvalue weighted by molar-refractivity contribution is 6.09. The highest BCUT2D eigenvalue weighted by Gasteiger charge is 2.16. The summed E-state index contributed by atoms with van der Waals surface area (Å²) in [5.41, 5.74) is 0.482. The highest BCUT2D eigenvalue weighted by Crippen LogP contribution is 2.22. The Morgan fingerprint density at radius 1 is 0.750 bits per heavy atom. The summed E-state index contributed by atoms with van der Waals surface area (Å²) in [7, 11) is 0. The first-order chi connectivity index (χ1) is 13.4. The minimum absolute atomic E-state index is 0.0750. The van der Waals surface area contributed by atoms with Gasteiger partial charge in [0.05, 0.1) is 11.1 Å². The summed E-state index contributed by atoms with van der Waals surface area (Å²) in [6.45, 7) is 0. The first kappa shape index (κ1) is 19.1. The Balaban J connectivity index is 1.83. The Kier molecular flexibility index (Phi) is 5.69. The zero-order chi connectivity index (χ0) is 20.1. The van der Waals surface area contributed by atoms with Gasteiger partial charge in [0.2, 0.25) is 0 Å². The van der Waals surface area contributed by atoms with Crippen molar-refractivity contribution in [1.29, 1.82) is 0 Å². The molecule has 3 rings (SSSR count). The molecule has 6 heteroatoms. The van der Waals surface area contributed by atoms with Crippen LogP contribution in [0.2, 0.25) is 0 Å². The van der Waals surface area contributed by atoms with E-state index < -0.39 is 29.2 Å². The maximum absolute atomic E-state index is 13.6. The molecule has 0 unspecified atom stereocenters. The predicted molar refractivity (Wildman–Crippen MR) is 97.5 cm³/mol. The van der Waals surface area contributed by atoms with Crippen LogP contribution in [0.5, 0.6) is 5.75 Å². The van der Waals surface area contributed by atoms with Crippen LogP contribution in [0.15, 0.2) is 72.8 Å². The van der Waals surface area contributed by atoms with Gasteiger partial charge in [0.25, 0.3) is 0 Å². The number of esters is 1. The van der Waals surface area contributed by atoms with Crippen LogP contribution in [-0.2, 0) is 0 Å². The monoisotopic (exact) mass is 382 g/mol. The molecule has 140 valence electrons. The van der Waals surface area contributed by atoms with E-state index in [-0.39, 0.29) is 16.9 Å². The molecule has 0 fully saturated rings. The first-order valence-corrected chi connectivity index (χ1v) is 8.17. The van der Waals surface area contributed by atoms with E-state index in [4.69, 9.17) is 4.74 Å². The number of ketones is 1. The zero-order valence-corrected chi connectivity index (χ0v) is 14.4. The van der Waals surface area contributed by atoms with Crippen molar-refractivity contribution in [3.63, 3.8) is 0 Å². The molecule has 0 aromatic heterocycles. The molecule has 0 saturated carbocycles. The van der Waals surface area contributed by atoms with Gasteiger partial charge in [-0.2, -0.15) is 0 Å². The first-order valence-electron chi connectivity index (χ1n) is 8.17. The Labute approximate surface area is 158 Å². The molecule has 3 nitrogen and oxygen atoms in total. The van der Waals surface area contributed by atoms with Gasteiger partial charge in [-0.05, 0) is 66.2 Å². The molecule has 0 bridgehead atoms. The maximum atomic E-state index is 13.6. The lowest BCUT2D eigenvalue weighted by molar-refractivity contribution is 0.0733. The third-order valence-electron chi connectivity index (χ3n) is 3.79. The molecule has 28 heavy (non-hydrogen) atoms. The molecule has 3 aromatic rings. The van der Waals surface area contributed by atoms with Gasteiger partial charge in [-0.3, -0.25) is 4.79 Å². The molecule has 0 atom stereocenters.